The molecule has 6 nitrogen and oxygen atoms in total. The third-order valence-electron chi connectivity index (χ3n) is 4.46. The highest BCUT2D eigenvalue weighted by molar-refractivity contribution is 7.92. The van der Waals surface area contributed by atoms with Gasteiger partial charge in [-0.25, -0.2) is 8.42 Å². The zero-order valence-electron chi connectivity index (χ0n) is 17.1. The molecule has 0 aliphatic rings. The molecular formula is C23H26N3O3S+. The number of nitrogens with one attached hydrogen (secondary N) is 3. The Morgan fingerprint density at radius 2 is 1.53 bits per heavy atom. The third kappa shape index (κ3) is 5.92. The van der Waals surface area contributed by atoms with Crippen LogP contribution in [0, 0.1) is 0 Å². The first-order valence-electron chi connectivity index (χ1n) is 9.66. The average molecular weight is 425 g/mol. The van der Waals surface area contributed by atoms with Crippen molar-refractivity contribution in [2.24, 2.45) is 0 Å². The van der Waals surface area contributed by atoms with Gasteiger partial charge in [-0.15, -0.1) is 0 Å². The number of hydrogen-bond acceptors (Lipinski definition) is 3. The SMILES string of the molecule is C[NH+](C)Cc1ccc(CNC(=O)c2cccc(NS(=O)(=O)c3ccccc3)c2)cc1. The Kier molecular flexibility index (Phi) is 6.87. The highest BCUT2D eigenvalue weighted by Gasteiger charge is 2.14. The summed E-state index contributed by atoms with van der Waals surface area (Å²) in [4.78, 5) is 14.0. The van der Waals surface area contributed by atoms with Gasteiger partial charge < -0.3 is 10.2 Å². The van der Waals surface area contributed by atoms with E-state index in [4.69, 9.17) is 0 Å². The van der Waals surface area contributed by atoms with Crippen molar-refractivity contribution < 1.29 is 18.1 Å². The monoisotopic (exact) mass is 424 g/mol. The van der Waals surface area contributed by atoms with Gasteiger partial charge in [0.2, 0.25) is 0 Å². The van der Waals surface area contributed by atoms with Gasteiger partial charge in [0.25, 0.3) is 15.9 Å². The summed E-state index contributed by atoms with van der Waals surface area (Å²) in [6, 6.07) is 22.7. The maximum absolute atomic E-state index is 12.5. The summed E-state index contributed by atoms with van der Waals surface area (Å²) < 4.78 is 27.5. The highest BCUT2D eigenvalue weighted by atomic mass is 32.2. The summed E-state index contributed by atoms with van der Waals surface area (Å²) in [6.45, 7) is 1.34. The predicted octanol–water partition coefficient (Wildman–Crippen LogP) is 2.06. The summed E-state index contributed by atoms with van der Waals surface area (Å²) in [7, 11) is 0.491. The smallest absolute Gasteiger partial charge is 0.261 e. The standard InChI is InChI=1S/C23H25N3O3S/c1-26(2)17-19-13-11-18(12-14-19)16-24-23(27)20-7-6-8-21(15-20)25-30(28,29)22-9-4-3-5-10-22/h3-15,25H,16-17H2,1-2H3,(H,24,27)/p+1. The molecule has 3 aromatic rings. The minimum absolute atomic E-state index is 0.166. The Morgan fingerprint density at radius 3 is 2.20 bits per heavy atom. The number of carbonyl (C=O) groups is 1. The van der Waals surface area contributed by atoms with Gasteiger partial charge in [0.1, 0.15) is 6.54 Å². The second-order valence-corrected chi connectivity index (χ2v) is 9.06. The van der Waals surface area contributed by atoms with Crippen LogP contribution in [0.2, 0.25) is 0 Å². The molecule has 3 rings (SSSR count). The maximum atomic E-state index is 12.5. The summed E-state index contributed by atoms with van der Waals surface area (Å²) >= 11 is 0. The molecule has 0 fully saturated rings. The van der Waals surface area contributed by atoms with E-state index in [9.17, 15) is 13.2 Å². The lowest BCUT2D eigenvalue weighted by atomic mass is 10.1. The molecule has 0 aliphatic carbocycles. The molecule has 1 amide bonds. The number of anilines is 1. The topological polar surface area (TPSA) is 79.7 Å². The van der Waals surface area contributed by atoms with E-state index in [0.29, 0.717) is 17.8 Å². The second kappa shape index (κ2) is 9.56. The van der Waals surface area contributed by atoms with Gasteiger partial charge in [-0.2, -0.15) is 0 Å². The molecule has 3 aromatic carbocycles. The molecule has 0 unspecified atom stereocenters. The second-order valence-electron chi connectivity index (χ2n) is 7.38. The molecule has 0 saturated heterocycles. The number of carbonyl (C=O) groups excluding carboxylic acids is 1. The fraction of sp³-hybridized carbons (Fsp3) is 0.174. The van der Waals surface area contributed by atoms with Gasteiger partial charge in [-0.3, -0.25) is 9.52 Å². The van der Waals surface area contributed by atoms with Crippen molar-refractivity contribution >= 4 is 21.6 Å². The van der Waals surface area contributed by atoms with Crippen molar-refractivity contribution in [3.8, 4) is 0 Å². The lowest BCUT2D eigenvalue weighted by Crippen LogP contribution is -3.04. The van der Waals surface area contributed by atoms with Crippen LogP contribution < -0.4 is 14.9 Å². The van der Waals surface area contributed by atoms with E-state index >= 15 is 0 Å². The van der Waals surface area contributed by atoms with Crippen LogP contribution in [0.4, 0.5) is 5.69 Å². The summed E-state index contributed by atoms with van der Waals surface area (Å²) in [5.41, 5.74) is 2.96. The van der Waals surface area contributed by atoms with E-state index in [1.807, 2.05) is 12.1 Å². The highest BCUT2D eigenvalue weighted by Crippen LogP contribution is 2.17. The molecule has 3 N–H and O–H groups in total. The van der Waals surface area contributed by atoms with Gasteiger partial charge in [0.15, 0.2) is 0 Å². The lowest BCUT2D eigenvalue weighted by Gasteiger charge is -2.11. The molecule has 0 atom stereocenters. The maximum Gasteiger partial charge on any atom is 0.261 e. The van der Waals surface area contributed by atoms with Crippen LogP contribution in [0.5, 0.6) is 0 Å². The van der Waals surface area contributed by atoms with Crippen LogP contribution >= 0.6 is 0 Å². The van der Waals surface area contributed by atoms with Crippen molar-refractivity contribution in [1.82, 2.24) is 5.32 Å². The molecule has 0 heterocycles. The number of amides is 1. The molecule has 0 spiro atoms. The van der Waals surface area contributed by atoms with Gasteiger partial charge in [0, 0.05) is 23.4 Å². The predicted molar refractivity (Wildman–Crippen MR) is 118 cm³/mol. The Hall–Kier alpha value is -3.16. The zero-order valence-corrected chi connectivity index (χ0v) is 17.9. The molecule has 156 valence electrons. The largest absolute Gasteiger partial charge is 0.348 e. The molecule has 0 radical (unpaired) electrons. The van der Waals surface area contributed by atoms with Gasteiger partial charge in [-0.1, -0.05) is 48.5 Å². The van der Waals surface area contributed by atoms with E-state index < -0.39 is 10.0 Å². The lowest BCUT2D eigenvalue weighted by molar-refractivity contribution is -0.872. The van der Waals surface area contributed by atoms with Crippen molar-refractivity contribution in [2.45, 2.75) is 18.0 Å². The summed E-state index contributed by atoms with van der Waals surface area (Å²) in [6.07, 6.45) is 0. The van der Waals surface area contributed by atoms with Gasteiger partial charge in [-0.05, 0) is 35.9 Å². The molecule has 7 heteroatoms. The number of hydrogen-bond donors (Lipinski definition) is 3. The summed E-state index contributed by atoms with van der Waals surface area (Å²) in [5.74, 6) is -0.266. The van der Waals surface area contributed by atoms with Gasteiger partial charge in [0.05, 0.1) is 19.0 Å². The normalized spacial score (nSPS) is 11.3. The molecule has 30 heavy (non-hydrogen) atoms. The minimum Gasteiger partial charge on any atom is -0.348 e. The van der Waals surface area contributed by atoms with Crippen LogP contribution in [0.15, 0.2) is 83.8 Å². The Morgan fingerprint density at radius 1 is 0.867 bits per heavy atom. The number of rotatable bonds is 8. The quantitative estimate of drug-likeness (QED) is 0.518. The number of sulfonamides is 1. The number of benzene rings is 3. The fourth-order valence-corrected chi connectivity index (χ4v) is 4.08. The van der Waals surface area contributed by atoms with Crippen LogP contribution in [-0.4, -0.2) is 28.4 Å². The zero-order chi connectivity index (χ0) is 21.6. The Labute approximate surface area is 177 Å². The van der Waals surface area contributed by atoms with Crippen LogP contribution in [0.25, 0.3) is 0 Å². The van der Waals surface area contributed by atoms with E-state index in [0.717, 1.165) is 12.1 Å². The molecular weight excluding hydrogens is 398 g/mol. The summed E-state index contributed by atoms with van der Waals surface area (Å²) in [5, 5.41) is 2.88. The van der Waals surface area contributed by atoms with Gasteiger partial charge >= 0.3 is 0 Å². The minimum atomic E-state index is -3.71. The molecule has 0 aromatic heterocycles. The first-order chi connectivity index (χ1) is 14.3. The van der Waals surface area contributed by atoms with Crippen molar-refractivity contribution in [1.29, 1.82) is 0 Å². The van der Waals surface area contributed by atoms with E-state index in [2.05, 4.69) is 36.3 Å². The Balaban J connectivity index is 1.63. The molecule has 0 saturated carbocycles. The van der Waals surface area contributed by atoms with E-state index in [1.165, 1.54) is 28.7 Å². The average Bonchev–Trinajstić information content (AvgIpc) is 2.73. The van der Waals surface area contributed by atoms with Crippen LogP contribution in [-0.2, 0) is 23.1 Å². The number of quaternary nitrogens is 1. The first kappa shape index (κ1) is 21.5. The van der Waals surface area contributed by atoms with E-state index in [-0.39, 0.29) is 10.8 Å². The van der Waals surface area contributed by atoms with Crippen molar-refractivity contribution in [2.75, 3.05) is 18.8 Å². The van der Waals surface area contributed by atoms with Crippen molar-refractivity contribution in [3.05, 3.63) is 95.6 Å². The molecule has 0 aliphatic heterocycles. The van der Waals surface area contributed by atoms with Crippen LogP contribution in [0.3, 0.4) is 0 Å². The van der Waals surface area contributed by atoms with E-state index in [1.54, 1.807) is 36.4 Å². The molecule has 0 bridgehead atoms. The van der Waals surface area contributed by atoms with Crippen LogP contribution in [0.1, 0.15) is 21.5 Å². The fourth-order valence-electron chi connectivity index (χ4n) is 3.01. The van der Waals surface area contributed by atoms with Crippen molar-refractivity contribution in [3.63, 3.8) is 0 Å². The third-order valence-corrected chi connectivity index (χ3v) is 5.86. The Bertz CT molecular complexity index is 1100. The first-order valence-corrected chi connectivity index (χ1v) is 11.1.